The summed E-state index contributed by atoms with van der Waals surface area (Å²) < 4.78 is 5.42. The van der Waals surface area contributed by atoms with Gasteiger partial charge in [-0.05, 0) is 63.0 Å². The average molecular weight is 233 g/mol. The number of esters is 1. The molecular weight excluding hydrogens is 214 g/mol. The maximum Gasteiger partial charge on any atom is 0.314 e. The molecule has 1 heterocycles. The highest BCUT2D eigenvalue weighted by Gasteiger charge is 2.22. The van der Waals surface area contributed by atoms with Crippen molar-refractivity contribution >= 4 is 5.97 Å². The first-order valence-electron chi connectivity index (χ1n) is 6.16. The molecule has 0 aliphatic carbocycles. The van der Waals surface area contributed by atoms with E-state index in [9.17, 15) is 4.79 Å². The Morgan fingerprint density at radius 3 is 2.59 bits per heavy atom. The second-order valence-electron chi connectivity index (χ2n) is 4.69. The van der Waals surface area contributed by atoms with Crippen molar-refractivity contribution in [2.45, 2.75) is 26.7 Å². The van der Waals surface area contributed by atoms with Crippen LogP contribution >= 0.6 is 0 Å². The van der Waals surface area contributed by atoms with Crippen molar-refractivity contribution in [3.8, 4) is 5.75 Å². The largest absolute Gasteiger partial charge is 0.426 e. The van der Waals surface area contributed by atoms with Crippen LogP contribution in [0.4, 0.5) is 0 Å². The van der Waals surface area contributed by atoms with Crippen LogP contribution in [0.2, 0.25) is 0 Å². The molecule has 0 saturated carbocycles. The van der Waals surface area contributed by atoms with Crippen molar-refractivity contribution in [1.82, 2.24) is 5.32 Å². The maximum atomic E-state index is 11.9. The molecule has 0 spiro atoms. The van der Waals surface area contributed by atoms with Gasteiger partial charge in [0.25, 0.3) is 0 Å². The molecule has 0 amide bonds. The van der Waals surface area contributed by atoms with E-state index in [2.05, 4.69) is 5.32 Å². The van der Waals surface area contributed by atoms with Gasteiger partial charge in [0, 0.05) is 0 Å². The summed E-state index contributed by atoms with van der Waals surface area (Å²) in [7, 11) is 0. The van der Waals surface area contributed by atoms with Crippen LogP contribution in [0, 0.1) is 19.8 Å². The summed E-state index contributed by atoms with van der Waals surface area (Å²) in [6.45, 7) is 5.89. The van der Waals surface area contributed by atoms with Gasteiger partial charge in [-0.15, -0.1) is 0 Å². The minimum Gasteiger partial charge on any atom is -0.426 e. The van der Waals surface area contributed by atoms with Gasteiger partial charge in [0.15, 0.2) is 0 Å². The van der Waals surface area contributed by atoms with Gasteiger partial charge in [-0.2, -0.15) is 0 Å². The summed E-state index contributed by atoms with van der Waals surface area (Å²) in [6, 6.07) is 5.77. The lowest BCUT2D eigenvalue weighted by atomic mass is 9.98. The molecular formula is C14H19NO2. The third-order valence-corrected chi connectivity index (χ3v) is 3.37. The number of benzene rings is 1. The summed E-state index contributed by atoms with van der Waals surface area (Å²) in [5, 5.41) is 3.24. The second-order valence-corrected chi connectivity index (χ2v) is 4.69. The number of hydrogen-bond acceptors (Lipinski definition) is 3. The predicted molar refractivity (Wildman–Crippen MR) is 67.1 cm³/mol. The minimum absolute atomic E-state index is 0.0536. The second kappa shape index (κ2) is 5.32. The van der Waals surface area contributed by atoms with E-state index in [1.165, 1.54) is 5.56 Å². The van der Waals surface area contributed by atoms with E-state index in [1.54, 1.807) is 0 Å². The molecule has 17 heavy (non-hydrogen) atoms. The summed E-state index contributed by atoms with van der Waals surface area (Å²) in [6.07, 6.45) is 1.76. The molecule has 3 heteroatoms. The highest BCUT2D eigenvalue weighted by molar-refractivity contribution is 5.75. The number of hydrogen-bond donors (Lipinski definition) is 1. The maximum absolute atomic E-state index is 11.9. The quantitative estimate of drug-likeness (QED) is 0.628. The SMILES string of the molecule is Cc1ccc(OC(=O)C2CCNCC2)cc1C. The van der Waals surface area contributed by atoms with E-state index < -0.39 is 0 Å². The molecule has 0 radical (unpaired) electrons. The number of aryl methyl sites for hydroxylation is 2. The van der Waals surface area contributed by atoms with E-state index >= 15 is 0 Å². The van der Waals surface area contributed by atoms with Gasteiger partial charge in [-0.3, -0.25) is 4.79 Å². The van der Waals surface area contributed by atoms with Crippen molar-refractivity contribution < 1.29 is 9.53 Å². The number of carbonyl (C=O) groups is 1. The highest BCUT2D eigenvalue weighted by atomic mass is 16.5. The van der Waals surface area contributed by atoms with E-state index in [-0.39, 0.29) is 11.9 Å². The minimum atomic E-state index is -0.0882. The molecule has 1 aliphatic heterocycles. The van der Waals surface area contributed by atoms with Gasteiger partial charge in [-0.1, -0.05) is 6.07 Å². The number of carbonyl (C=O) groups excluding carboxylic acids is 1. The lowest BCUT2D eigenvalue weighted by Crippen LogP contribution is -2.33. The molecule has 0 aromatic heterocycles. The van der Waals surface area contributed by atoms with Crippen LogP contribution in [0.15, 0.2) is 18.2 Å². The van der Waals surface area contributed by atoms with Gasteiger partial charge in [-0.25, -0.2) is 0 Å². The summed E-state index contributed by atoms with van der Waals surface area (Å²) >= 11 is 0. The van der Waals surface area contributed by atoms with Crippen LogP contribution in [0.1, 0.15) is 24.0 Å². The number of ether oxygens (including phenoxy) is 1. The number of rotatable bonds is 2. The van der Waals surface area contributed by atoms with Crippen LogP contribution in [-0.2, 0) is 4.79 Å². The van der Waals surface area contributed by atoms with Crippen LogP contribution < -0.4 is 10.1 Å². The van der Waals surface area contributed by atoms with Crippen LogP contribution in [-0.4, -0.2) is 19.1 Å². The molecule has 92 valence electrons. The standard InChI is InChI=1S/C14H19NO2/c1-10-3-4-13(9-11(10)2)17-14(16)12-5-7-15-8-6-12/h3-4,9,12,15H,5-8H2,1-2H3. The zero-order valence-corrected chi connectivity index (χ0v) is 10.5. The third-order valence-electron chi connectivity index (χ3n) is 3.37. The molecule has 0 unspecified atom stereocenters. The molecule has 2 rings (SSSR count). The van der Waals surface area contributed by atoms with Gasteiger partial charge in [0.2, 0.25) is 0 Å². The topological polar surface area (TPSA) is 38.3 Å². The zero-order valence-electron chi connectivity index (χ0n) is 10.5. The fourth-order valence-electron chi connectivity index (χ4n) is 2.03. The fourth-order valence-corrected chi connectivity index (χ4v) is 2.03. The van der Waals surface area contributed by atoms with Gasteiger partial charge in [0.1, 0.15) is 5.75 Å². The Morgan fingerprint density at radius 1 is 1.24 bits per heavy atom. The lowest BCUT2D eigenvalue weighted by molar-refractivity contribution is -0.139. The highest BCUT2D eigenvalue weighted by Crippen LogP contribution is 2.20. The van der Waals surface area contributed by atoms with Crippen molar-refractivity contribution in [1.29, 1.82) is 0 Å². The average Bonchev–Trinajstić information content (AvgIpc) is 2.35. The van der Waals surface area contributed by atoms with E-state index in [4.69, 9.17) is 4.74 Å². The van der Waals surface area contributed by atoms with Gasteiger partial charge < -0.3 is 10.1 Å². The smallest absolute Gasteiger partial charge is 0.314 e. The Balaban J connectivity index is 1.99. The Labute approximate surface area is 102 Å². The van der Waals surface area contributed by atoms with Crippen LogP contribution in [0.5, 0.6) is 5.75 Å². The Bertz CT molecular complexity index is 409. The van der Waals surface area contributed by atoms with Gasteiger partial charge >= 0.3 is 5.97 Å². The molecule has 0 atom stereocenters. The van der Waals surface area contributed by atoms with Crippen molar-refractivity contribution in [2.75, 3.05) is 13.1 Å². The summed E-state index contributed by atoms with van der Waals surface area (Å²) in [5.74, 6) is 0.629. The van der Waals surface area contributed by atoms with Crippen LogP contribution in [0.3, 0.4) is 0 Å². The monoisotopic (exact) mass is 233 g/mol. The summed E-state index contributed by atoms with van der Waals surface area (Å²) in [4.78, 5) is 11.9. The number of nitrogens with one attached hydrogen (secondary N) is 1. The first-order valence-corrected chi connectivity index (χ1v) is 6.16. The van der Waals surface area contributed by atoms with E-state index in [0.717, 1.165) is 31.5 Å². The molecule has 1 fully saturated rings. The predicted octanol–water partition coefficient (Wildman–Crippen LogP) is 2.21. The lowest BCUT2D eigenvalue weighted by Gasteiger charge is -2.20. The Morgan fingerprint density at radius 2 is 1.94 bits per heavy atom. The van der Waals surface area contributed by atoms with Crippen molar-refractivity contribution in [3.63, 3.8) is 0 Å². The molecule has 1 aromatic rings. The fraction of sp³-hybridized carbons (Fsp3) is 0.500. The molecule has 0 bridgehead atoms. The zero-order chi connectivity index (χ0) is 12.3. The van der Waals surface area contributed by atoms with Crippen molar-refractivity contribution in [2.24, 2.45) is 5.92 Å². The van der Waals surface area contributed by atoms with Crippen molar-refractivity contribution in [3.05, 3.63) is 29.3 Å². The normalized spacial score (nSPS) is 16.8. The number of piperidine rings is 1. The molecule has 1 N–H and O–H groups in total. The van der Waals surface area contributed by atoms with Crippen LogP contribution in [0.25, 0.3) is 0 Å². The molecule has 3 nitrogen and oxygen atoms in total. The summed E-state index contributed by atoms with van der Waals surface area (Å²) in [5.41, 5.74) is 2.37. The molecule has 1 aliphatic rings. The van der Waals surface area contributed by atoms with Gasteiger partial charge in [0.05, 0.1) is 5.92 Å². The first-order chi connectivity index (χ1) is 8.16. The Hall–Kier alpha value is -1.35. The molecule has 1 saturated heterocycles. The van der Waals surface area contributed by atoms with E-state index in [1.807, 2.05) is 32.0 Å². The first kappa shape index (κ1) is 12.1. The Kier molecular flexibility index (Phi) is 3.79. The third kappa shape index (κ3) is 3.07. The van der Waals surface area contributed by atoms with E-state index in [0.29, 0.717) is 5.75 Å². The molecule has 1 aromatic carbocycles.